The Balaban J connectivity index is 2.36. The van der Waals surface area contributed by atoms with E-state index in [1.54, 1.807) is 18.2 Å². The second-order valence-corrected chi connectivity index (χ2v) is 4.08. The van der Waals surface area contributed by atoms with Gasteiger partial charge in [0.2, 0.25) is 5.82 Å². The van der Waals surface area contributed by atoms with Gasteiger partial charge in [-0.2, -0.15) is 9.65 Å². The largest absolute Gasteiger partial charge is 0.456 e. The van der Waals surface area contributed by atoms with E-state index < -0.39 is 16.4 Å². The normalized spacial score (nSPS) is 9.85. The van der Waals surface area contributed by atoms with Crippen molar-refractivity contribution < 1.29 is 14.1 Å². The molecule has 0 aliphatic carbocycles. The lowest BCUT2D eigenvalue weighted by atomic mass is 10.1. The van der Waals surface area contributed by atoms with Gasteiger partial charge in [0.05, 0.1) is 10.5 Å². The number of nitro benzene ring substituents is 1. The van der Waals surface area contributed by atoms with Gasteiger partial charge in [0.1, 0.15) is 17.6 Å². The van der Waals surface area contributed by atoms with E-state index >= 15 is 0 Å². The molecule has 0 aliphatic rings. The summed E-state index contributed by atoms with van der Waals surface area (Å²) in [5, 5.41) is 19.5. The average molecular weight is 272 g/mol. The first-order valence-corrected chi connectivity index (χ1v) is 5.64. The molecule has 0 spiro atoms. The van der Waals surface area contributed by atoms with E-state index in [0.29, 0.717) is 5.56 Å². The predicted octanol–water partition coefficient (Wildman–Crippen LogP) is 3.71. The fourth-order valence-electron chi connectivity index (χ4n) is 1.63. The summed E-state index contributed by atoms with van der Waals surface area (Å²) in [5.41, 5.74) is 0.554. The molecule has 6 heteroatoms. The minimum Gasteiger partial charge on any atom is -0.456 e. The molecule has 0 amide bonds. The molecular weight excluding hydrogens is 263 g/mol. The van der Waals surface area contributed by atoms with Crippen LogP contribution < -0.4 is 4.74 Å². The van der Waals surface area contributed by atoms with E-state index in [1.807, 2.05) is 13.0 Å². The Morgan fingerprint density at radius 2 is 2.05 bits per heavy atom. The van der Waals surface area contributed by atoms with E-state index in [2.05, 4.69) is 0 Å². The minimum absolute atomic E-state index is 0.0928. The molecule has 0 unspecified atom stereocenters. The van der Waals surface area contributed by atoms with Gasteiger partial charge < -0.3 is 4.74 Å². The molecule has 5 nitrogen and oxygen atoms in total. The van der Waals surface area contributed by atoms with E-state index in [4.69, 9.17) is 10.00 Å². The van der Waals surface area contributed by atoms with Crippen LogP contribution in [0, 0.1) is 34.2 Å². The summed E-state index contributed by atoms with van der Waals surface area (Å²) in [6.45, 7) is 1.82. The Morgan fingerprint density at radius 3 is 2.65 bits per heavy atom. The SMILES string of the molecule is Cc1ccc(C#N)c(Oc2ccc([N+](=O)[O-])c(F)c2)c1. The molecule has 0 fully saturated rings. The van der Waals surface area contributed by atoms with Gasteiger partial charge in [0.25, 0.3) is 0 Å². The van der Waals surface area contributed by atoms with Crippen molar-refractivity contribution in [2.75, 3.05) is 0 Å². The van der Waals surface area contributed by atoms with Crippen LogP contribution in [-0.4, -0.2) is 4.92 Å². The Hall–Kier alpha value is -2.94. The van der Waals surface area contributed by atoms with Crippen LogP contribution in [0.15, 0.2) is 36.4 Å². The summed E-state index contributed by atoms with van der Waals surface area (Å²) < 4.78 is 18.9. The first-order valence-electron chi connectivity index (χ1n) is 5.64. The van der Waals surface area contributed by atoms with Crippen molar-refractivity contribution in [3.05, 3.63) is 63.5 Å². The summed E-state index contributed by atoms with van der Waals surface area (Å²) in [6.07, 6.45) is 0. The summed E-state index contributed by atoms with van der Waals surface area (Å²) in [7, 11) is 0. The van der Waals surface area contributed by atoms with Crippen molar-refractivity contribution in [3.63, 3.8) is 0 Å². The maximum absolute atomic E-state index is 13.5. The number of hydrogen-bond acceptors (Lipinski definition) is 4. The number of hydrogen-bond donors (Lipinski definition) is 0. The first-order chi connectivity index (χ1) is 9.51. The van der Waals surface area contributed by atoms with Crippen molar-refractivity contribution in [2.45, 2.75) is 6.92 Å². The zero-order valence-corrected chi connectivity index (χ0v) is 10.5. The van der Waals surface area contributed by atoms with Crippen LogP contribution in [0.2, 0.25) is 0 Å². The van der Waals surface area contributed by atoms with Gasteiger partial charge in [0.15, 0.2) is 0 Å². The van der Waals surface area contributed by atoms with Gasteiger partial charge in [0, 0.05) is 12.1 Å². The van der Waals surface area contributed by atoms with Gasteiger partial charge >= 0.3 is 5.69 Å². The number of nitrogens with zero attached hydrogens (tertiary/aromatic N) is 2. The smallest absolute Gasteiger partial charge is 0.305 e. The van der Waals surface area contributed by atoms with Crippen LogP contribution >= 0.6 is 0 Å². The molecule has 0 radical (unpaired) electrons. The zero-order chi connectivity index (χ0) is 14.7. The molecule has 0 saturated carbocycles. The number of rotatable bonds is 3. The number of halogens is 1. The van der Waals surface area contributed by atoms with Crippen molar-refractivity contribution >= 4 is 5.69 Å². The second-order valence-electron chi connectivity index (χ2n) is 4.08. The summed E-state index contributed by atoms with van der Waals surface area (Å²) in [6, 6.07) is 10.2. The molecular formula is C14H9FN2O3. The van der Waals surface area contributed by atoms with Crippen LogP contribution in [-0.2, 0) is 0 Å². The maximum atomic E-state index is 13.5. The summed E-state index contributed by atoms with van der Waals surface area (Å²) in [4.78, 5) is 9.71. The Bertz CT molecular complexity index is 723. The second kappa shape index (κ2) is 5.36. The van der Waals surface area contributed by atoms with Gasteiger partial charge in [-0.05, 0) is 30.7 Å². The third kappa shape index (κ3) is 2.72. The predicted molar refractivity (Wildman–Crippen MR) is 69.0 cm³/mol. The highest BCUT2D eigenvalue weighted by Crippen LogP contribution is 2.29. The number of aryl methyl sites for hydroxylation is 1. The minimum atomic E-state index is -0.987. The standard InChI is InChI=1S/C14H9FN2O3/c1-9-2-3-10(8-16)14(6-9)20-11-4-5-13(17(18)19)12(15)7-11/h2-7H,1H3. The van der Waals surface area contributed by atoms with Crippen LogP contribution in [0.3, 0.4) is 0 Å². The monoisotopic (exact) mass is 272 g/mol. The zero-order valence-electron chi connectivity index (χ0n) is 10.5. The van der Waals surface area contributed by atoms with Crippen LogP contribution in [0.5, 0.6) is 11.5 Å². The fourth-order valence-corrected chi connectivity index (χ4v) is 1.63. The van der Waals surface area contributed by atoms with Crippen molar-refractivity contribution in [3.8, 4) is 17.6 Å². The van der Waals surface area contributed by atoms with Crippen LogP contribution in [0.4, 0.5) is 10.1 Å². The van der Waals surface area contributed by atoms with E-state index in [9.17, 15) is 14.5 Å². The van der Waals surface area contributed by atoms with Gasteiger partial charge in [-0.1, -0.05) is 6.07 Å². The van der Waals surface area contributed by atoms with Crippen molar-refractivity contribution in [1.82, 2.24) is 0 Å². The molecule has 100 valence electrons. The van der Waals surface area contributed by atoms with Gasteiger partial charge in [-0.3, -0.25) is 10.1 Å². The van der Waals surface area contributed by atoms with E-state index in [1.165, 1.54) is 6.07 Å². The van der Waals surface area contributed by atoms with Gasteiger partial charge in [-0.25, -0.2) is 0 Å². The number of benzene rings is 2. The summed E-state index contributed by atoms with van der Waals surface area (Å²) in [5.74, 6) is -0.616. The highest BCUT2D eigenvalue weighted by molar-refractivity contribution is 5.48. The molecule has 2 aromatic rings. The van der Waals surface area contributed by atoms with Crippen LogP contribution in [0.1, 0.15) is 11.1 Å². The third-order valence-electron chi connectivity index (χ3n) is 2.60. The van der Waals surface area contributed by atoms with E-state index in [0.717, 1.165) is 17.7 Å². The molecule has 0 atom stereocenters. The van der Waals surface area contributed by atoms with Gasteiger partial charge in [-0.15, -0.1) is 0 Å². The van der Waals surface area contributed by atoms with Crippen LogP contribution in [0.25, 0.3) is 0 Å². The molecule has 0 N–H and O–H groups in total. The molecule has 0 aliphatic heterocycles. The summed E-state index contributed by atoms with van der Waals surface area (Å²) >= 11 is 0. The molecule has 2 rings (SSSR count). The number of nitro groups is 1. The fraction of sp³-hybridized carbons (Fsp3) is 0.0714. The molecule has 0 bridgehead atoms. The lowest BCUT2D eigenvalue weighted by Crippen LogP contribution is -1.94. The maximum Gasteiger partial charge on any atom is 0.305 e. The highest BCUT2D eigenvalue weighted by atomic mass is 19.1. The average Bonchev–Trinajstić information content (AvgIpc) is 2.38. The Kier molecular flexibility index (Phi) is 3.62. The molecule has 20 heavy (non-hydrogen) atoms. The third-order valence-corrected chi connectivity index (χ3v) is 2.60. The number of ether oxygens (including phenoxy) is 1. The van der Waals surface area contributed by atoms with E-state index in [-0.39, 0.29) is 11.5 Å². The lowest BCUT2D eigenvalue weighted by molar-refractivity contribution is -0.387. The number of nitriles is 1. The molecule has 0 aromatic heterocycles. The van der Waals surface area contributed by atoms with Crippen molar-refractivity contribution in [2.24, 2.45) is 0 Å². The first kappa shape index (κ1) is 13.5. The highest BCUT2D eigenvalue weighted by Gasteiger charge is 2.15. The molecule has 0 saturated heterocycles. The lowest BCUT2D eigenvalue weighted by Gasteiger charge is -2.08. The Morgan fingerprint density at radius 1 is 1.30 bits per heavy atom. The Labute approximate surface area is 114 Å². The quantitative estimate of drug-likeness (QED) is 0.630. The molecule has 2 aromatic carbocycles. The molecule has 0 heterocycles. The van der Waals surface area contributed by atoms with Crippen molar-refractivity contribution in [1.29, 1.82) is 5.26 Å². The topological polar surface area (TPSA) is 76.2 Å².